The van der Waals surface area contributed by atoms with E-state index >= 15 is 0 Å². The van der Waals surface area contributed by atoms with Crippen molar-refractivity contribution in [3.05, 3.63) is 24.3 Å². The second-order valence-electron chi connectivity index (χ2n) is 5.69. The fourth-order valence-electron chi connectivity index (χ4n) is 2.78. The summed E-state index contributed by atoms with van der Waals surface area (Å²) in [6.07, 6.45) is 2.58. The summed E-state index contributed by atoms with van der Waals surface area (Å²) in [5.74, 6) is 1.44. The van der Waals surface area contributed by atoms with E-state index in [-0.39, 0.29) is 0 Å². The van der Waals surface area contributed by atoms with Crippen LogP contribution in [0, 0.1) is 5.92 Å². The first-order valence-electron chi connectivity index (χ1n) is 7.41. The van der Waals surface area contributed by atoms with Crippen LogP contribution >= 0.6 is 0 Å². The van der Waals surface area contributed by atoms with Gasteiger partial charge in [-0.15, -0.1) is 0 Å². The molecule has 2 unspecified atom stereocenters. The van der Waals surface area contributed by atoms with Crippen molar-refractivity contribution in [2.75, 3.05) is 19.7 Å². The van der Waals surface area contributed by atoms with Gasteiger partial charge in [-0.3, -0.25) is 4.90 Å². The normalized spacial score (nSPS) is 23.6. The minimum absolute atomic E-state index is 0.461. The quantitative estimate of drug-likeness (QED) is 0.784. The Morgan fingerprint density at radius 3 is 2.90 bits per heavy atom. The van der Waals surface area contributed by atoms with Gasteiger partial charge in [-0.25, -0.2) is 0 Å². The third-order valence-corrected chi connectivity index (χ3v) is 4.31. The summed E-state index contributed by atoms with van der Waals surface area (Å²) in [6.45, 7) is 7.28. The highest BCUT2D eigenvalue weighted by Gasteiger charge is 2.24. The number of benzene rings is 1. The summed E-state index contributed by atoms with van der Waals surface area (Å²) in [5, 5.41) is 18.3. The largest absolute Gasteiger partial charge is 0.492 e. The Morgan fingerprint density at radius 1 is 1.35 bits per heavy atom. The smallest absolute Gasteiger partial charge is 0.488 e. The predicted octanol–water partition coefficient (Wildman–Crippen LogP) is 0.866. The molecule has 1 aromatic carbocycles. The molecular weight excluding hydrogens is 253 g/mol. The first-order chi connectivity index (χ1) is 9.58. The SMILES string of the molecule is CC1CCCN(CCOc2cccc(B(O)O)c2)C1C. The number of piperidine rings is 1. The summed E-state index contributed by atoms with van der Waals surface area (Å²) in [4.78, 5) is 2.47. The lowest BCUT2D eigenvalue weighted by Crippen LogP contribution is -2.44. The number of likely N-dealkylation sites (tertiary alicyclic amines) is 1. The van der Waals surface area contributed by atoms with Gasteiger partial charge in [0.25, 0.3) is 0 Å². The predicted molar refractivity (Wildman–Crippen MR) is 81.2 cm³/mol. The lowest BCUT2D eigenvalue weighted by molar-refractivity contribution is 0.0958. The molecule has 1 aliphatic heterocycles. The first kappa shape index (κ1) is 15.4. The second-order valence-corrected chi connectivity index (χ2v) is 5.69. The van der Waals surface area contributed by atoms with E-state index in [9.17, 15) is 0 Å². The van der Waals surface area contributed by atoms with E-state index in [4.69, 9.17) is 14.8 Å². The minimum atomic E-state index is -1.44. The van der Waals surface area contributed by atoms with E-state index < -0.39 is 7.12 Å². The molecule has 0 bridgehead atoms. The van der Waals surface area contributed by atoms with Gasteiger partial charge in [0, 0.05) is 12.6 Å². The van der Waals surface area contributed by atoms with Crippen LogP contribution in [0.2, 0.25) is 0 Å². The van der Waals surface area contributed by atoms with E-state index in [2.05, 4.69) is 18.7 Å². The molecule has 0 aliphatic carbocycles. The van der Waals surface area contributed by atoms with Crippen LogP contribution in [0.5, 0.6) is 5.75 Å². The molecule has 5 heteroatoms. The molecule has 1 saturated heterocycles. The number of hydrogen-bond acceptors (Lipinski definition) is 4. The van der Waals surface area contributed by atoms with Crippen LogP contribution in [0.25, 0.3) is 0 Å². The molecule has 1 aromatic rings. The average Bonchev–Trinajstić information content (AvgIpc) is 2.44. The maximum atomic E-state index is 9.13. The van der Waals surface area contributed by atoms with Crippen molar-refractivity contribution in [3.8, 4) is 5.75 Å². The molecule has 20 heavy (non-hydrogen) atoms. The highest BCUT2D eigenvalue weighted by atomic mass is 16.5. The minimum Gasteiger partial charge on any atom is -0.492 e. The van der Waals surface area contributed by atoms with Gasteiger partial charge in [0.2, 0.25) is 0 Å². The summed E-state index contributed by atoms with van der Waals surface area (Å²) in [7, 11) is -1.44. The fourth-order valence-corrected chi connectivity index (χ4v) is 2.78. The Bertz CT molecular complexity index is 427. The molecule has 1 fully saturated rings. The van der Waals surface area contributed by atoms with Crippen LogP contribution in [0.3, 0.4) is 0 Å². The van der Waals surface area contributed by atoms with E-state index in [0.717, 1.165) is 19.0 Å². The summed E-state index contributed by atoms with van der Waals surface area (Å²) in [6, 6.07) is 7.57. The zero-order valence-electron chi connectivity index (χ0n) is 12.3. The standard InChI is InChI=1S/C15H24BNO3/c1-12-5-4-8-17(13(12)2)9-10-20-15-7-3-6-14(11-15)16(18)19/h3,6-7,11-13,18-19H,4-5,8-10H2,1-2H3. The summed E-state index contributed by atoms with van der Waals surface area (Å²) in [5.41, 5.74) is 0.461. The Morgan fingerprint density at radius 2 is 2.15 bits per heavy atom. The van der Waals surface area contributed by atoms with Gasteiger partial charge >= 0.3 is 7.12 Å². The van der Waals surface area contributed by atoms with Crippen LogP contribution in [-0.4, -0.2) is 47.8 Å². The van der Waals surface area contributed by atoms with Gasteiger partial charge in [-0.1, -0.05) is 19.1 Å². The van der Waals surface area contributed by atoms with Crippen LogP contribution in [0.1, 0.15) is 26.7 Å². The third-order valence-electron chi connectivity index (χ3n) is 4.31. The molecule has 2 atom stereocenters. The van der Waals surface area contributed by atoms with Crippen molar-refractivity contribution in [1.82, 2.24) is 4.90 Å². The van der Waals surface area contributed by atoms with Crippen LogP contribution in [0.4, 0.5) is 0 Å². The van der Waals surface area contributed by atoms with Crippen LogP contribution < -0.4 is 10.2 Å². The van der Waals surface area contributed by atoms with E-state index in [1.54, 1.807) is 18.2 Å². The molecule has 0 aromatic heterocycles. The van der Waals surface area contributed by atoms with Gasteiger partial charge in [0.15, 0.2) is 0 Å². The molecule has 2 rings (SSSR count). The Kier molecular flexibility index (Phi) is 5.46. The number of rotatable bonds is 5. The zero-order chi connectivity index (χ0) is 14.5. The third kappa shape index (κ3) is 3.98. The van der Waals surface area contributed by atoms with Gasteiger partial charge in [0.1, 0.15) is 12.4 Å². The first-order valence-corrected chi connectivity index (χ1v) is 7.41. The van der Waals surface area contributed by atoms with Gasteiger partial charge in [-0.05, 0) is 49.8 Å². The van der Waals surface area contributed by atoms with E-state index in [1.807, 2.05) is 6.07 Å². The molecule has 0 saturated carbocycles. The molecule has 1 aliphatic rings. The Hall–Kier alpha value is -1.04. The summed E-state index contributed by atoms with van der Waals surface area (Å²) >= 11 is 0. The maximum Gasteiger partial charge on any atom is 0.488 e. The van der Waals surface area contributed by atoms with E-state index in [1.165, 1.54) is 12.8 Å². The summed E-state index contributed by atoms with van der Waals surface area (Å²) < 4.78 is 5.72. The highest BCUT2D eigenvalue weighted by molar-refractivity contribution is 6.58. The average molecular weight is 277 g/mol. The Labute approximate surface area is 121 Å². The van der Waals surface area contributed by atoms with Crippen molar-refractivity contribution < 1.29 is 14.8 Å². The molecule has 0 radical (unpaired) electrons. The molecule has 1 heterocycles. The van der Waals surface area contributed by atoms with Crippen molar-refractivity contribution in [2.24, 2.45) is 5.92 Å². The fraction of sp³-hybridized carbons (Fsp3) is 0.600. The molecular formula is C15H24BNO3. The molecule has 110 valence electrons. The topological polar surface area (TPSA) is 52.9 Å². The van der Waals surface area contributed by atoms with Gasteiger partial charge in [-0.2, -0.15) is 0 Å². The number of ether oxygens (including phenoxy) is 1. The molecule has 0 spiro atoms. The van der Waals surface area contributed by atoms with Crippen LogP contribution in [0.15, 0.2) is 24.3 Å². The van der Waals surface area contributed by atoms with Crippen molar-refractivity contribution in [1.29, 1.82) is 0 Å². The number of hydrogen-bond donors (Lipinski definition) is 2. The molecule has 2 N–H and O–H groups in total. The zero-order valence-corrected chi connectivity index (χ0v) is 12.3. The number of nitrogens with zero attached hydrogens (tertiary/aromatic N) is 1. The lowest BCUT2D eigenvalue weighted by Gasteiger charge is -2.37. The maximum absolute atomic E-state index is 9.13. The Balaban J connectivity index is 1.82. The van der Waals surface area contributed by atoms with Crippen molar-refractivity contribution in [3.63, 3.8) is 0 Å². The lowest BCUT2D eigenvalue weighted by atomic mass is 9.80. The van der Waals surface area contributed by atoms with Crippen LogP contribution in [-0.2, 0) is 0 Å². The molecule has 4 nitrogen and oxygen atoms in total. The second kappa shape index (κ2) is 7.11. The van der Waals surface area contributed by atoms with E-state index in [0.29, 0.717) is 23.9 Å². The van der Waals surface area contributed by atoms with Crippen molar-refractivity contribution in [2.45, 2.75) is 32.7 Å². The van der Waals surface area contributed by atoms with Crippen molar-refractivity contribution >= 4 is 12.6 Å². The highest BCUT2D eigenvalue weighted by Crippen LogP contribution is 2.22. The van der Waals surface area contributed by atoms with Gasteiger partial charge < -0.3 is 14.8 Å². The van der Waals surface area contributed by atoms with Gasteiger partial charge in [0.05, 0.1) is 0 Å². The monoisotopic (exact) mass is 277 g/mol. The molecule has 0 amide bonds.